The van der Waals surface area contributed by atoms with E-state index in [0.717, 1.165) is 41.0 Å². The fourth-order valence-corrected chi connectivity index (χ4v) is 5.04. The monoisotopic (exact) mass is 501 g/mol. The van der Waals surface area contributed by atoms with E-state index in [2.05, 4.69) is 37.0 Å². The van der Waals surface area contributed by atoms with Gasteiger partial charge in [-0.3, -0.25) is 9.69 Å². The molecule has 7 nitrogen and oxygen atoms in total. The molecular weight excluding hydrogens is 470 g/mol. The van der Waals surface area contributed by atoms with Crippen LogP contribution in [0.15, 0.2) is 47.6 Å². The Hall–Kier alpha value is -3.44. The van der Waals surface area contributed by atoms with E-state index in [-0.39, 0.29) is 5.91 Å². The van der Waals surface area contributed by atoms with Gasteiger partial charge in [0.05, 0.1) is 17.3 Å². The SMILES string of the molecule is CCCC(=O)N1c2ccc(CC)cc2-c2nnc(SCCC(C)C)nc2O[C@@H]1c1ccc(C#N)cc1. The number of amides is 1. The van der Waals surface area contributed by atoms with Crippen molar-refractivity contribution < 1.29 is 9.53 Å². The highest BCUT2D eigenvalue weighted by Gasteiger charge is 2.35. The summed E-state index contributed by atoms with van der Waals surface area (Å²) in [6.45, 7) is 8.45. The molecule has 0 saturated carbocycles. The molecule has 8 heteroatoms. The van der Waals surface area contributed by atoms with Gasteiger partial charge in [-0.2, -0.15) is 10.2 Å². The van der Waals surface area contributed by atoms with Crippen molar-refractivity contribution in [3.63, 3.8) is 0 Å². The van der Waals surface area contributed by atoms with Crippen LogP contribution < -0.4 is 9.64 Å². The van der Waals surface area contributed by atoms with Gasteiger partial charge in [-0.05, 0) is 55.0 Å². The predicted molar refractivity (Wildman–Crippen MR) is 142 cm³/mol. The zero-order valence-electron chi connectivity index (χ0n) is 21.2. The highest BCUT2D eigenvalue weighted by Crippen LogP contribution is 2.44. The number of ether oxygens (including phenoxy) is 1. The molecule has 3 aromatic rings. The summed E-state index contributed by atoms with van der Waals surface area (Å²) in [4.78, 5) is 20.0. The van der Waals surface area contributed by atoms with Crippen LogP contribution in [0.3, 0.4) is 0 Å². The maximum atomic E-state index is 13.5. The largest absolute Gasteiger partial charge is 0.447 e. The maximum absolute atomic E-state index is 13.5. The first kappa shape index (κ1) is 25.6. The average Bonchev–Trinajstić information content (AvgIpc) is 3.02. The minimum Gasteiger partial charge on any atom is -0.447 e. The topological polar surface area (TPSA) is 92.0 Å². The maximum Gasteiger partial charge on any atom is 0.247 e. The van der Waals surface area contributed by atoms with Gasteiger partial charge in [0.2, 0.25) is 23.2 Å². The summed E-state index contributed by atoms with van der Waals surface area (Å²) in [5.41, 5.74) is 4.44. The Kier molecular flexibility index (Phi) is 8.21. The molecule has 0 aliphatic carbocycles. The van der Waals surface area contributed by atoms with E-state index in [1.807, 2.05) is 37.3 Å². The van der Waals surface area contributed by atoms with Crippen LogP contribution in [0.2, 0.25) is 0 Å². The molecule has 2 heterocycles. The molecule has 1 aliphatic rings. The molecule has 0 saturated heterocycles. The van der Waals surface area contributed by atoms with Gasteiger partial charge in [-0.15, -0.1) is 10.2 Å². The third kappa shape index (κ3) is 5.52. The van der Waals surface area contributed by atoms with Crippen LogP contribution in [-0.4, -0.2) is 26.8 Å². The van der Waals surface area contributed by atoms with Crippen LogP contribution in [0.1, 0.15) is 69.9 Å². The molecule has 186 valence electrons. The molecule has 1 aromatic heterocycles. The zero-order valence-corrected chi connectivity index (χ0v) is 22.0. The molecule has 0 N–H and O–H groups in total. The molecule has 0 spiro atoms. The van der Waals surface area contributed by atoms with Gasteiger partial charge < -0.3 is 4.74 Å². The predicted octanol–water partition coefficient (Wildman–Crippen LogP) is 6.34. The Morgan fingerprint density at radius 2 is 1.94 bits per heavy atom. The van der Waals surface area contributed by atoms with Crippen molar-refractivity contribution in [1.29, 1.82) is 5.26 Å². The third-order valence-electron chi connectivity index (χ3n) is 6.06. The number of fused-ring (bicyclic) bond motifs is 3. The van der Waals surface area contributed by atoms with Crippen molar-refractivity contribution >= 4 is 23.4 Å². The van der Waals surface area contributed by atoms with Crippen LogP contribution in [0.5, 0.6) is 5.88 Å². The van der Waals surface area contributed by atoms with E-state index in [4.69, 9.17) is 9.72 Å². The van der Waals surface area contributed by atoms with Gasteiger partial charge >= 0.3 is 0 Å². The van der Waals surface area contributed by atoms with Gasteiger partial charge in [0.25, 0.3) is 0 Å². The van der Waals surface area contributed by atoms with E-state index in [1.54, 1.807) is 28.8 Å². The molecule has 4 rings (SSSR count). The van der Waals surface area contributed by atoms with Gasteiger partial charge in [0, 0.05) is 23.3 Å². The lowest BCUT2D eigenvalue weighted by Gasteiger charge is -2.31. The molecule has 1 atom stereocenters. The second kappa shape index (κ2) is 11.5. The van der Waals surface area contributed by atoms with Crippen LogP contribution in [0.4, 0.5) is 5.69 Å². The number of anilines is 1. The average molecular weight is 502 g/mol. The van der Waals surface area contributed by atoms with E-state index in [1.165, 1.54) is 0 Å². The number of hydrogen-bond donors (Lipinski definition) is 0. The Labute approximate surface area is 216 Å². The number of hydrogen-bond acceptors (Lipinski definition) is 7. The number of benzene rings is 2. The normalized spacial score (nSPS) is 14.4. The van der Waals surface area contributed by atoms with Gasteiger partial charge in [-0.1, -0.05) is 57.7 Å². The van der Waals surface area contributed by atoms with Crippen LogP contribution in [0, 0.1) is 17.2 Å². The highest BCUT2D eigenvalue weighted by atomic mass is 32.2. The molecule has 36 heavy (non-hydrogen) atoms. The van der Waals surface area contributed by atoms with Crippen molar-refractivity contribution in [2.75, 3.05) is 10.7 Å². The molecule has 0 bridgehead atoms. The summed E-state index contributed by atoms with van der Waals surface area (Å²) in [6.07, 6.45) is 2.21. The number of aromatic nitrogens is 3. The van der Waals surface area contributed by atoms with Crippen LogP contribution >= 0.6 is 11.8 Å². The number of nitrogens with zero attached hydrogens (tertiary/aromatic N) is 5. The molecular formula is C28H31N5O2S. The minimum atomic E-state index is -0.755. The lowest BCUT2D eigenvalue weighted by atomic mass is 10.0. The van der Waals surface area contributed by atoms with E-state index < -0.39 is 6.23 Å². The van der Waals surface area contributed by atoms with Gasteiger partial charge in [0.15, 0.2) is 5.69 Å². The zero-order chi connectivity index (χ0) is 25.7. The Morgan fingerprint density at radius 1 is 1.17 bits per heavy atom. The first-order valence-electron chi connectivity index (χ1n) is 12.4. The molecule has 0 fully saturated rings. The number of carbonyl (C=O) groups excluding carboxylic acids is 1. The van der Waals surface area contributed by atoms with Gasteiger partial charge in [0.1, 0.15) is 0 Å². The second-order valence-electron chi connectivity index (χ2n) is 9.20. The summed E-state index contributed by atoms with van der Waals surface area (Å²) >= 11 is 1.55. The van der Waals surface area contributed by atoms with Gasteiger partial charge in [-0.25, -0.2) is 0 Å². The minimum absolute atomic E-state index is 0.0512. The summed E-state index contributed by atoms with van der Waals surface area (Å²) < 4.78 is 6.52. The lowest BCUT2D eigenvalue weighted by molar-refractivity contribution is -0.120. The van der Waals surface area contributed by atoms with Crippen molar-refractivity contribution in [1.82, 2.24) is 15.2 Å². The van der Waals surface area contributed by atoms with Crippen molar-refractivity contribution in [2.24, 2.45) is 5.92 Å². The Balaban J connectivity index is 1.87. The molecule has 1 aliphatic heterocycles. The molecule has 1 amide bonds. The molecule has 0 unspecified atom stereocenters. The van der Waals surface area contributed by atoms with E-state index >= 15 is 0 Å². The van der Waals surface area contributed by atoms with E-state index in [0.29, 0.717) is 41.1 Å². The summed E-state index contributed by atoms with van der Waals surface area (Å²) in [5, 5.41) is 18.8. The fourth-order valence-electron chi connectivity index (χ4n) is 4.02. The van der Waals surface area contributed by atoms with Crippen molar-refractivity contribution in [3.8, 4) is 23.2 Å². The van der Waals surface area contributed by atoms with Crippen molar-refractivity contribution in [2.45, 2.75) is 64.8 Å². The quantitative estimate of drug-likeness (QED) is 0.333. The number of nitriles is 1. The highest BCUT2D eigenvalue weighted by molar-refractivity contribution is 7.99. The lowest BCUT2D eigenvalue weighted by Crippen LogP contribution is -2.37. The van der Waals surface area contributed by atoms with Crippen LogP contribution in [-0.2, 0) is 11.2 Å². The summed E-state index contributed by atoms with van der Waals surface area (Å²) in [7, 11) is 0. The smallest absolute Gasteiger partial charge is 0.247 e. The summed E-state index contributed by atoms with van der Waals surface area (Å²) in [5.74, 6) is 1.77. The molecule has 2 aromatic carbocycles. The Morgan fingerprint density at radius 3 is 2.61 bits per heavy atom. The molecule has 0 radical (unpaired) electrons. The number of thioether (sulfide) groups is 1. The van der Waals surface area contributed by atoms with E-state index in [9.17, 15) is 10.1 Å². The van der Waals surface area contributed by atoms with Crippen LogP contribution in [0.25, 0.3) is 11.3 Å². The number of carbonyl (C=O) groups is 1. The standard InChI is InChI=1S/C28H31N5O2S/c1-5-7-24(34)33-23-13-10-19(6-2)16-22(23)25-26(30-28(32-31-25)36-15-14-18(3)4)35-27(33)21-11-8-20(17-29)9-12-21/h8-13,16,18,27H,5-7,14-15H2,1-4H3/t27-/m1/s1. The fraction of sp³-hybridized carbons (Fsp3) is 0.393. The summed E-state index contributed by atoms with van der Waals surface area (Å²) in [6, 6.07) is 15.3. The first-order chi connectivity index (χ1) is 17.4. The second-order valence-corrected chi connectivity index (χ2v) is 10.3. The van der Waals surface area contributed by atoms with Crippen molar-refractivity contribution in [3.05, 3.63) is 59.2 Å². The first-order valence-corrected chi connectivity index (χ1v) is 13.4. The number of aryl methyl sites for hydroxylation is 1. The Bertz CT molecular complexity index is 1270. The number of rotatable bonds is 8. The third-order valence-corrected chi connectivity index (χ3v) is 6.93.